The molecule has 0 atom stereocenters. The molecule has 2 heterocycles. The Kier molecular flexibility index (Phi) is 4.90. The van der Waals surface area contributed by atoms with Gasteiger partial charge in [0.15, 0.2) is 0 Å². The van der Waals surface area contributed by atoms with E-state index in [9.17, 15) is 9.18 Å². The number of likely N-dealkylation sites (tertiary alicyclic amines) is 1. The van der Waals surface area contributed by atoms with Crippen molar-refractivity contribution in [2.45, 2.75) is 57.9 Å². The lowest BCUT2D eigenvalue weighted by Gasteiger charge is -2.32. The maximum Gasteiger partial charge on any atom is 0.496 e. The molecule has 0 radical (unpaired) electrons. The zero-order valence-electron chi connectivity index (χ0n) is 15.1. The van der Waals surface area contributed by atoms with Crippen LogP contribution in [-0.4, -0.2) is 48.4 Å². The van der Waals surface area contributed by atoms with Crippen molar-refractivity contribution < 1.29 is 18.5 Å². The predicted molar refractivity (Wildman–Crippen MR) is 97.2 cm³/mol. The predicted octanol–water partition coefficient (Wildman–Crippen LogP) is 3.21. The topological polar surface area (TPSA) is 38.8 Å². The number of amides is 1. The van der Waals surface area contributed by atoms with Crippen LogP contribution in [0.1, 0.15) is 50.9 Å². The van der Waals surface area contributed by atoms with E-state index >= 15 is 0 Å². The summed E-state index contributed by atoms with van der Waals surface area (Å²) in [5, 5.41) is 0.498. The van der Waals surface area contributed by atoms with Crippen LogP contribution in [0.2, 0.25) is 5.02 Å². The van der Waals surface area contributed by atoms with E-state index < -0.39 is 24.5 Å². The molecule has 2 saturated heterocycles. The summed E-state index contributed by atoms with van der Waals surface area (Å²) >= 11 is 6.34. The number of alkyl halides is 1. The Morgan fingerprint density at radius 2 is 1.76 bits per heavy atom. The number of piperidine rings is 1. The molecule has 0 unspecified atom stereocenters. The molecule has 25 heavy (non-hydrogen) atoms. The number of carbonyl (C=O) groups excluding carboxylic acids is 1. The van der Waals surface area contributed by atoms with Crippen molar-refractivity contribution in [2.24, 2.45) is 0 Å². The number of rotatable bonds is 2. The summed E-state index contributed by atoms with van der Waals surface area (Å²) in [6.45, 7) is 8.75. The lowest BCUT2D eigenvalue weighted by Crippen LogP contribution is -2.41. The van der Waals surface area contributed by atoms with Crippen LogP contribution < -0.4 is 5.46 Å². The molecule has 0 bridgehead atoms. The van der Waals surface area contributed by atoms with Crippen LogP contribution in [0, 0.1) is 0 Å². The van der Waals surface area contributed by atoms with Crippen molar-refractivity contribution >= 4 is 30.1 Å². The zero-order valence-corrected chi connectivity index (χ0v) is 15.9. The number of benzene rings is 1. The normalized spacial score (nSPS) is 23.1. The first kappa shape index (κ1) is 18.7. The number of hydrogen-bond donors (Lipinski definition) is 0. The maximum absolute atomic E-state index is 13.3. The summed E-state index contributed by atoms with van der Waals surface area (Å²) in [7, 11) is -0.623. The molecule has 136 valence electrons. The van der Waals surface area contributed by atoms with Gasteiger partial charge in [0.25, 0.3) is 5.91 Å². The van der Waals surface area contributed by atoms with Gasteiger partial charge in [0.2, 0.25) is 0 Å². The Bertz CT molecular complexity index is 658. The Hall–Kier alpha value is -1.11. The molecular formula is C18H24BClFNO3. The first-order chi connectivity index (χ1) is 11.6. The van der Waals surface area contributed by atoms with Crippen molar-refractivity contribution in [1.82, 2.24) is 4.90 Å². The van der Waals surface area contributed by atoms with Gasteiger partial charge in [0.05, 0.1) is 11.2 Å². The third-order valence-corrected chi connectivity index (χ3v) is 5.81. The standard InChI is InChI=1S/C18H24BClFNO3/c1-17(2)18(3,4)25-19(24-17)14-11-12(5-6-15(14)20)16(23)22-9-7-13(21)8-10-22/h5-6,11,13H,7-10H2,1-4H3. The Morgan fingerprint density at radius 1 is 1.20 bits per heavy atom. The highest BCUT2D eigenvalue weighted by atomic mass is 35.5. The van der Waals surface area contributed by atoms with Crippen LogP contribution in [0.15, 0.2) is 18.2 Å². The highest BCUT2D eigenvalue weighted by Gasteiger charge is 2.52. The van der Waals surface area contributed by atoms with E-state index in [2.05, 4.69) is 0 Å². The number of halogens is 2. The number of carbonyl (C=O) groups is 1. The second-order valence-electron chi connectivity index (χ2n) is 7.79. The molecule has 1 aromatic rings. The molecule has 1 amide bonds. The van der Waals surface area contributed by atoms with Gasteiger partial charge in [-0.1, -0.05) is 11.6 Å². The highest BCUT2D eigenvalue weighted by Crippen LogP contribution is 2.37. The summed E-state index contributed by atoms with van der Waals surface area (Å²) in [4.78, 5) is 14.4. The molecule has 4 nitrogen and oxygen atoms in total. The lowest BCUT2D eigenvalue weighted by molar-refractivity contribution is 0.00578. The minimum absolute atomic E-state index is 0.110. The Balaban J connectivity index is 1.83. The summed E-state index contributed by atoms with van der Waals surface area (Å²) in [6, 6.07) is 5.12. The number of nitrogens with zero attached hydrogens (tertiary/aromatic N) is 1. The largest absolute Gasteiger partial charge is 0.496 e. The van der Waals surface area contributed by atoms with Gasteiger partial charge in [-0.15, -0.1) is 0 Å². The molecule has 0 spiro atoms. The molecular weight excluding hydrogens is 343 g/mol. The molecule has 2 aliphatic rings. The van der Waals surface area contributed by atoms with Gasteiger partial charge in [-0.25, -0.2) is 4.39 Å². The van der Waals surface area contributed by atoms with Crippen LogP contribution >= 0.6 is 11.6 Å². The van der Waals surface area contributed by atoms with Gasteiger partial charge in [0.1, 0.15) is 6.17 Å². The van der Waals surface area contributed by atoms with Crippen molar-refractivity contribution in [2.75, 3.05) is 13.1 Å². The summed E-state index contributed by atoms with van der Waals surface area (Å²) in [5.41, 5.74) is 0.201. The van der Waals surface area contributed by atoms with Crippen LogP contribution in [0.3, 0.4) is 0 Å². The summed E-state index contributed by atoms with van der Waals surface area (Å²) < 4.78 is 25.4. The first-order valence-electron chi connectivity index (χ1n) is 8.69. The monoisotopic (exact) mass is 367 g/mol. The van der Waals surface area contributed by atoms with Gasteiger partial charge in [-0.2, -0.15) is 0 Å². The minimum atomic E-state index is -0.811. The van der Waals surface area contributed by atoms with E-state index in [4.69, 9.17) is 20.9 Å². The van der Waals surface area contributed by atoms with Crippen LogP contribution in [0.25, 0.3) is 0 Å². The average molecular weight is 368 g/mol. The molecule has 3 rings (SSSR count). The van der Waals surface area contributed by atoms with Gasteiger partial charge in [-0.05, 0) is 58.7 Å². The molecule has 0 N–H and O–H groups in total. The molecule has 0 aromatic heterocycles. The lowest BCUT2D eigenvalue weighted by atomic mass is 9.78. The van der Waals surface area contributed by atoms with Crippen LogP contribution in [-0.2, 0) is 9.31 Å². The fraction of sp³-hybridized carbons (Fsp3) is 0.611. The van der Waals surface area contributed by atoms with Gasteiger partial charge in [-0.3, -0.25) is 4.79 Å². The second-order valence-corrected chi connectivity index (χ2v) is 8.20. The first-order valence-corrected chi connectivity index (χ1v) is 9.07. The Morgan fingerprint density at radius 3 is 2.32 bits per heavy atom. The van der Waals surface area contributed by atoms with E-state index in [1.165, 1.54) is 0 Å². The molecule has 7 heteroatoms. The Labute approximate surface area is 153 Å². The van der Waals surface area contributed by atoms with Crippen molar-refractivity contribution in [1.29, 1.82) is 0 Å². The average Bonchev–Trinajstić information content (AvgIpc) is 2.76. The zero-order chi connectivity index (χ0) is 18.4. The van der Waals surface area contributed by atoms with E-state index in [1.54, 1.807) is 23.1 Å². The smallest absolute Gasteiger partial charge is 0.399 e. The molecule has 0 saturated carbocycles. The van der Waals surface area contributed by atoms with Gasteiger partial charge >= 0.3 is 7.12 Å². The van der Waals surface area contributed by atoms with E-state index in [0.717, 1.165) is 0 Å². The number of hydrogen-bond acceptors (Lipinski definition) is 3. The van der Waals surface area contributed by atoms with Gasteiger partial charge < -0.3 is 14.2 Å². The van der Waals surface area contributed by atoms with Crippen LogP contribution in [0.5, 0.6) is 0 Å². The summed E-state index contributed by atoms with van der Waals surface area (Å²) in [6.07, 6.45) is -0.0260. The molecule has 1 aromatic carbocycles. The third-order valence-electron chi connectivity index (χ3n) is 5.46. The fourth-order valence-corrected chi connectivity index (χ4v) is 3.27. The van der Waals surface area contributed by atoms with Crippen molar-refractivity contribution in [3.8, 4) is 0 Å². The molecule has 0 aliphatic carbocycles. The van der Waals surface area contributed by atoms with Gasteiger partial charge in [0, 0.05) is 29.1 Å². The van der Waals surface area contributed by atoms with E-state index in [0.29, 0.717) is 42.0 Å². The van der Waals surface area contributed by atoms with Crippen LogP contribution in [0.4, 0.5) is 4.39 Å². The fourth-order valence-electron chi connectivity index (χ4n) is 3.06. The molecule has 2 aliphatic heterocycles. The second kappa shape index (κ2) is 6.56. The third kappa shape index (κ3) is 3.57. The quantitative estimate of drug-likeness (QED) is 0.754. The summed E-state index contributed by atoms with van der Waals surface area (Å²) in [5.74, 6) is -0.110. The maximum atomic E-state index is 13.3. The SMILES string of the molecule is CC1(C)OB(c2cc(C(=O)N3CCC(F)CC3)ccc2Cl)OC1(C)C. The van der Waals surface area contributed by atoms with E-state index in [1.807, 2.05) is 27.7 Å². The van der Waals surface area contributed by atoms with E-state index in [-0.39, 0.29) is 5.91 Å². The van der Waals surface area contributed by atoms with Crippen molar-refractivity contribution in [3.63, 3.8) is 0 Å². The minimum Gasteiger partial charge on any atom is -0.399 e. The molecule has 2 fully saturated rings. The van der Waals surface area contributed by atoms with Crippen molar-refractivity contribution in [3.05, 3.63) is 28.8 Å². The highest BCUT2D eigenvalue weighted by molar-refractivity contribution is 6.65.